The van der Waals surface area contributed by atoms with Gasteiger partial charge in [0.15, 0.2) is 0 Å². The summed E-state index contributed by atoms with van der Waals surface area (Å²) in [6.45, 7) is 0. The Balaban J connectivity index is 1.76. The van der Waals surface area contributed by atoms with Gasteiger partial charge in [-0.05, 0) is 42.0 Å². The molecule has 0 amide bonds. The number of halogens is 1. The Hall–Kier alpha value is -2.50. The molecule has 0 saturated carbocycles. The lowest BCUT2D eigenvalue weighted by Crippen LogP contribution is -2.17. The molecular weight excluding hydrogens is 376 g/mol. The van der Waals surface area contributed by atoms with Gasteiger partial charge in [-0.1, -0.05) is 40.2 Å². The molecule has 2 aromatic carbocycles. The second-order valence-electron chi connectivity index (χ2n) is 5.95. The highest BCUT2D eigenvalue weighted by atomic mass is 79.9. The largest absolute Gasteiger partial charge is 0.324 e. The molecule has 0 saturated heterocycles. The molecule has 25 heavy (non-hydrogen) atoms. The SMILES string of the molecule is NC(Cc1ccccn1)c1ccccc1-n1ncc2cc(Br)ccc21. The lowest BCUT2D eigenvalue weighted by Gasteiger charge is -2.17. The number of para-hydroxylation sites is 1. The van der Waals surface area contributed by atoms with Gasteiger partial charge >= 0.3 is 0 Å². The molecule has 4 aromatic rings. The number of hydrogen-bond donors (Lipinski definition) is 1. The zero-order valence-corrected chi connectivity index (χ0v) is 15.1. The quantitative estimate of drug-likeness (QED) is 0.558. The number of rotatable bonds is 4. The molecule has 4 rings (SSSR count). The molecule has 0 bridgehead atoms. The molecule has 0 aliphatic carbocycles. The van der Waals surface area contributed by atoms with Crippen LogP contribution in [0.25, 0.3) is 16.6 Å². The molecule has 1 unspecified atom stereocenters. The van der Waals surface area contributed by atoms with Crippen molar-refractivity contribution in [3.8, 4) is 5.69 Å². The smallest absolute Gasteiger partial charge is 0.0742 e. The fourth-order valence-corrected chi connectivity index (χ4v) is 3.42. The van der Waals surface area contributed by atoms with E-state index in [1.807, 2.05) is 47.3 Å². The van der Waals surface area contributed by atoms with Gasteiger partial charge in [0, 0.05) is 34.2 Å². The molecule has 2 heterocycles. The molecule has 0 radical (unpaired) electrons. The maximum absolute atomic E-state index is 6.51. The summed E-state index contributed by atoms with van der Waals surface area (Å²) in [5.74, 6) is 0. The lowest BCUT2D eigenvalue weighted by atomic mass is 10.0. The molecule has 0 aliphatic rings. The number of nitrogens with two attached hydrogens (primary N) is 1. The van der Waals surface area contributed by atoms with Gasteiger partial charge in [-0.15, -0.1) is 0 Å². The summed E-state index contributed by atoms with van der Waals surface area (Å²) in [6, 6.07) is 20.1. The third-order valence-corrected chi connectivity index (χ3v) is 4.74. The summed E-state index contributed by atoms with van der Waals surface area (Å²) in [5, 5.41) is 5.67. The highest BCUT2D eigenvalue weighted by Gasteiger charge is 2.15. The maximum Gasteiger partial charge on any atom is 0.0742 e. The summed E-state index contributed by atoms with van der Waals surface area (Å²) in [4.78, 5) is 4.39. The van der Waals surface area contributed by atoms with Crippen LogP contribution in [0.4, 0.5) is 0 Å². The van der Waals surface area contributed by atoms with E-state index < -0.39 is 0 Å². The fourth-order valence-electron chi connectivity index (χ4n) is 3.04. The van der Waals surface area contributed by atoms with Crippen molar-refractivity contribution in [2.24, 2.45) is 5.73 Å². The van der Waals surface area contributed by atoms with Crippen LogP contribution in [0.1, 0.15) is 17.3 Å². The van der Waals surface area contributed by atoms with Gasteiger partial charge in [-0.25, -0.2) is 4.68 Å². The standard InChI is InChI=1S/C20H17BrN4/c21-15-8-9-19-14(11-15)13-24-25(19)20-7-2-1-6-17(20)18(22)12-16-5-3-4-10-23-16/h1-11,13,18H,12,22H2. The first-order chi connectivity index (χ1) is 12.2. The van der Waals surface area contributed by atoms with E-state index >= 15 is 0 Å². The molecule has 5 heteroatoms. The van der Waals surface area contributed by atoms with Crippen LogP contribution < -0.4 is 5.73 Å². The second kappa shape index (κ2) is 6.78. The molecule has 2 N–H and O–H groups in total. The Morgan fingerprint density at radius 2 is 1.88 bits per heavy atom. The molecule has 0 spiro atoms. The van der Waals surface area contributed by atoms with E-state index in [4.69, 9.17) is 5.73 Å². The molecule has 4 nitrogen and oxygen atoms in total. The molecular formula is C20H17BrN4. The third kappa shape index (κ3) is 3.21. The minimum absolute atomic E-state index is 0.152. The first-order valence-corrected chi connectivity index (χ1v) is 8.90. The molecule has 124 valence electrons. The summed E-state index contributed by atoms with van der Waals surface area (Å²) in [5.41, 5.74) is 10.6. The number of fused-ring (bicyclic) bond motifs is 1. The van der Waals surface area contributed by atoms with Gasteiger partial charge in [-0.3, -0.25) is 4.98 Å². The number of benzene rings is 2. The van der Waals surface area contributed by atoms with Gasteiger partial charge in [0.2, 0.25) is 0 Å². The van der Waals surface area contributed by atoms with Crippen molar-refractivity contribution in [1.82, 2.24) is 14.8 Å². The Bertz CT molecular complexity index is 1010. The summed E-state index contributed by atoms with van der Waals surface area (Å²) < 4.78 is 3.00. The zero-order valence-electron chi connectivity index (χ0n) is 13.5. The van der Waals surface area contributed by atoms with E-state index in [1.54, 1.807) is 6.20 Å². The van der Waals surface area contributed by atoms with Gasteiger partial charge < -0.3 is 5.73 Å². The number of nitrogens with zero attached hydrogens (tertiary/aromatic N) is 3. The molecule has 2 aromatic heterocycles. The summed E-state index contributed by atoms with van der Waals surface area (Å²) >= 11 is 3.51. The summed E-state index contributed by atoms with van der Waals surface area (Å²) in [7, 11) is 0. The van der Waals surface area contributed by atoms with Crippen LogP contribution in [0, 0.1) is 0 Å². The second-order valence-corrected chi connectivity index (χ2v) is 6.87. The van der Waals surface area contributed by atoms with E-state index in [0.29, 0.717) is 6.42 Å². The lowest BCUT2D eigenvalue weighted by molar-refractivity contribution is 0.696. The predicted molar refractivity (Wildman–Crippen MR) is 104 cm³/mol. The van der Waals surface area contributed by atoms with Crippen LogP contribution in [0.3, 0.4) is 0 Å². The average molecular weight is 393 g/mol. The topological polar surface area (TPSA) is 56.7 Å². The van der Waals surface area contributed by atoms with E-state index in [1.165, 1.54) is 0 Å². The van der Waals surface area contributed by atoms with Crippen molar-refractivity contribution in [3.63, 3.8) is 0 Å². The van der Waals surface area contributed by atoms with Gasteiger partial charge in [0.25, 0.3) is 0 Å². The van der Waals surface area contributed by atoms with Crippen LogP contribution in [0.15, 0.2) is 77.5 Å². The first-order valence-electron chi connectivity index (χ1n) is 8.10. The van der Waals surface area contributed by atoms with Crippen LogP contribution in [-0.4, -0.2) is 14.8 Å². The van der Waals surface area contributed by atoms with E-state index in [9.17, 15) is 0 Å². The summed E-state index contributed by atoms with van der Waals surface area (Å²) in [6.07, 6.45) is 4.36. The maximum atomic E-state index is 6.51. The number of aromatic nitrogens is 3. The Morgan fingerprint density at radius 1 is 1.04 bits per heavy atom. The normalized spacial score (nSPS) is 12.4. The Labute approximate surface area is 154 Å². The van der Waals surface area contributed by atoms with Crippen molar-refractivity contribution in [3.05, 3.63) is 88.8 Å². The number of pyridine rings is 1. The van der Waals surface area contributed by atoms with Gasteiger partial charge in [0.1, 0.15) is 0 Å². The highest BCUT2D eigenvalue weighted by molar-refractivity contribution is 9.10. The van der Waals surface area contributed by atoms with E-state index in [0.717, 1.165) is 32.3 Å². The minimum atomic E-state index is -0.152. The molecule has 1 atom stereocenters. The van der Waals surface area contributed by atoms with Crippen LogP contribution >= 0.6 is 15.9 Å². The average Bonchev–Trinajstić information content (AvgIpc) is 3.05. The van der Waals surface area contributed by atoms with Gasteiger partial charge in [-0.2, -0.15) is 5.10 Å². The zero-order chi connectivity index (χ0) is 17.2. The van der Waals surface area contributed by atoms with Crippen LogP contribution in [0.2, 0.25) is 0 Å². The third-order valence-electron chi connectivity index (χ3n) is 4.25. The Morgan fingerprint density at radius 3 is 2.72 bits per heavy atom. The van der Waals surface area contributed by atoms with Crippen molar-refractivity contribution < 1.29 is 0 Å². The van der Waals surface area contributed by atoms with E-state index in [2.05, 4.69) is 50.3 Å². The minimum Gasteiger partial charge on any atom is -0.324 e. The van der Waals surface area contributed by atoms with Crippen molar-refractivity contribution in [2.45, 2.75) is 12.5 Å². The predicted octanol–water partition coefficient (Wildman–Crippen LogP) is 4.43. The van der Waals surface area contributed by atoms with Crippen LogP contribution in [0.5, 0.6) is 0 Å². The monoisotopic (exact) mass is 392 g/mol. The van der Waals surface area contributed by atoms with Crippen molar-refractivity contribution >= 4 is 26.8 Å². The first kappa shape index (κ1) is 16.0. The molecule has 0 aliphatic heterocycles. The van der Waals surface area contributed by atoms with E-state index in [-0.39, 0.29) is 6.04 Å². The van der Waals surface area contributed by atoms with Gasteiger partial charge in [0.05, 0.1) is 17.4 Å². The van der Waals surface area contributed by atoms with Crippen molar-refractivity contribution in [1.29, 1.82) is 0 Å². The highest BCUT2D eigenvalue weighted by Crippen LogP contribution is 2.27. The fraction of sp³-hybridized carbons (Fsp3) is 0.100. The van der Waals surface area contributed by atoms with Crippen molar-refractivity contribution in [2.75, 3.05) is 0 Å². The Kier molecular flexibility index (Phi) is 4.34. The molecule has 0 fully saturated rings. The van der Waals surface area contributed by atoms with Crippen LogP contribution in [-0.2, 0) is 6.42 Å². The number of hydrogen-bond acceptors (Lipinski definition) is 3.